The van der Waals surface area contributed by atoms with Gasteiger partial charge in [0.25, 0.3) is 0 Å². The molecule has 5 aliphatic carbocycles. The molecule has 14 N–H and O–H groups in total. The second kappa shape index (κ2) is 21.8. The number of hydrogen-bond donors (Lipinski definition) is 14. The number of carboxylic acids is 1. The van der Waals surface area contributed by atoms with Crippen LogP contribution >= 0.6 is 0 Å². The molecule has 0 unspecified atom stereocenters. The molecule has 28 atom stereocenters. The number of carboxylic acid groups (broad SMARTS) is 1. The van der Waals surface area contributed by atoms with Crippen LogP contribution in [0.2, 0.25) is 0 Å². The summed E-state index contributed by atoms with van der Waals surface area (Å²) in [5, 5.41) is 149. The van der Waals surface area contributed by atoms with Gasteiger partial charge in [-0.05, 0) is 109 Å². The van der Waals surface area contributed by atoms with Crippen molar-refractivity contribution in [3.63, 3.8) is 0 Å². The highest BCUT2D eigenvalue weighted by Crippen LogP contribution is 2.76. The van der Waals surface area contributed by atoms with Gasteiger partial charge in [-0.25, -0.2) is 4.79 Å². The monoisotopic (exact) mass is 1120 g/mol. The zero-order chi connectivity index (χ0) is 57.1. The Morgan fingerprint density at radius 2 is 1.06 bits per heavy atom. The van der Waals surface area contributed by atoms with Gasteiger partial charge in [0.2, 0.25) is 6.29 Å². The number of ether oxygens (including phenoxy) is 8. The highest BCUT2D eigenvalue weighted by molar-refractivity contribution is 5.79. The van der Waals surface area contributed by atoms with Gasteiger partial charge in [-0.15, -0.1) is 0 Å². The van der Waals surface area contributed by atoms with Gasteiger partial charge >= 0.3 is 11.9 Å². The van der Waals surface area contributed by atoms with Gasteiger partial charge in [-0.1, -0.05) is 60.1 Å². The number of esters is 1. The molecule has 4 heterocycles. The Hall–Kier alpha value is -2.12. The van der Waals surface area contributed by atoms with Crippen molar-refractivity contribution >= 4 is 11.9 Å². The molecule has 9 aliphatic rings. The number of aliphatic hydroxyl groups is 13. The maximum Gasteiger partial charge on any atom is 0.335 e. The number of carbonyl (C=O) groups excluding carboxylic acids is 1. The number of hydrogen-bond acceptors (Lipinski definition) is 23. The van der Waals surface area contributed by atoms with Crippen molar-refractivity contribution in [2.45, 2.75) is 242 Å². The zero-order valence-electron chi connectivity index (χ0n) is 45.5. The van der Waals surface area contributed by atoms with Crippen molar-refractivity contribution in [2.24, 2.45) is 50.2 Å². The molecule has 0 radical (unpaired) electrons. The number of aliphatic hydroxyl groups excluding tert-OH is 13. The van der Waals surface area contributed by atoms with Crippen LogP contribution in [-0.4, -0.2) is 232 Å². The van der Waals surface area contributed by atoms with Crippen molar-refractivity contribution in [1.29, 1.82) is 0 Å². The highest BCUT2D eigenvalue weighted by Gasteiger charge is 2.70. The van der Waals surface area contributed by atoms with Crippen molar-refractivity contribution < 1.29 is 119 Å². The fraction of sp³-hybridized carbons (Fsp3) is 0.926. The molecule has 4 saturated carbocycles. The standard InChI is InChI=1S/C54H86O24/c1-49(2)14-16-54(48(70)78-46-38(66)35(63)32(60)26(21-57)73-46)17-15-52(6)22(23(54)18-49)8-9-28-51(5)12-11-29(50(3,4)27(51)10-13-53(28,52)7)74-47-41(76-45-37(65)34(62)31(59)25(20-56)72-45)39(67)40(42(77-47)43(68)69)75-44-36(64)33(61)30(58)24(19-55)71-44/h8,23-42,44-47,55-67H,9-21H2,1-7H3,(H,68,69)/t23-,24+,25+,26+,27-,28+,29-,30+,31-,32+,33-,34-,35-,36+,37+,38+,39-,40-,41+,42-,44-,45-,46-,47+,51-,52+,53+,54-/m0/s1. The maximum atomic E-state index is 14.8. The van der Waals surface area contributed by atoms with E-state index in [-0.39, 0.29) is 39.4 Å². The molecule has 0 aromatic heterocycles. The first-order chi connectivity index (χ1) is 36.5. The van der Waals surface area contributed by atoms with Crippen LogP contribution in [0.3, 0.4) is 0 Å². The predicted octanol–water partition coefficient (Wildman–Crippen LogP) is -1.94. The molecule has 4 saturated heterocycles. The van der Waals surface area contributed by atoms with Crippen LogP contribution in [0.15, 0.2) is 11.6 Å². The summed E-state index contributed by atoms with van der Waals surface area (Å²) in [6, 6.07) is 0. The molecule has 78 heavy (non-hydrogen) atoms. The van der Waals surface area contributed by atoms with E-state index in [0.717, 1.165) is 19.3 Å². The average Bonchev–Trinajstić information content (AvgIpc) is 2.51. The third kappa shape index (κ3) is 9.72. The Balaban J connectivity index is 0.987. The van der Waals surface area contributed by atoms with E-state index < -0.39 is 172 Å². The van der Waals surface area contributed by atoms with E-state index >= 15 is 0 Å². The lowest BCUT2D eigenvalue weighted by molar-refractivity contribution is -0.391. The normalized spacial score (nSPS) is 52.8. The lowest BCUT2D eigenvalue weighted by atomic mass is 9.33. The van der Waals surface area contributed by atoms with Gasteiger partial charge in [0.15, 0.2) is 25.0 Å². The first-order valence-electron chi connectivity index (χ1n) is 27.8. The van der Waals surface area contributed by atoms with Crippen molar-refractivity contribution in [3.8, 4) is 0 Å². The fourth-order valence-electron chi connectivity index (χ4n) is 16.5. The van der Waals surface area contributed by atoms with Crippen LogP contribution in [0.4, 0.5) is 0 Å². The van der Waals surface area contributed by atoms with E-state index in [9.17, 15) is 81.1 Å². The maximum absolute atomic E-state index is 14.8. The molecular weight excluding hydrogens is 1030 g/mol. The minimum atomic E-state index is -2.10. The predicted molar refractivity (Wildman–Crippen MR) is 263 cm³/mol. The van der Waals surface area contributed by atoms with E-state index in [1.165, 1.54) is 5.57 Å². The number of aliphatic carboxylic acids is 1. The van der Waals surface area contributed by atoms with Crippen molar-refractivity contribution in [2.75, 3.05) is 19.8 Å². The van der Waals surface area contributed by atoms with Crippen LogP contribution < -0.4 is 0 Å². The van der Waals surface area contributed by atoms with E-state index in [1.807, 2.05) is 0 Å². The minimum Gasteiger partial charge on any atom is -0.479 e. The SMILES string of the molecule is CC1(C)CC[C@]2(C(=O)O[C@@H]3O[C@H](CO)[C@@H](O)[C@H](O)[C@H]3O)CC[C@]3(C)C(=CC[C@@H]4[C@@]5(C)CC[C@H](O[C@@H]6O[C@H](C(=O)O)[C@@H](O[C@@H]7O[C@H](CO)[C@@H](O)[C@H](O)[C@H]7O)[C@H](O)[C@H]6O[C@@H]6O[C@H](CO)[C@H](O)[C@H](O)[C@H]6O)C(C)(C)[C@@H]5CC[C@]43C)[C@@H]2C1. The summed E-state index contributed by atoms with van der Waals surface area (Å²) in [6.45, 7) is 13.2. The highest BCUT2D eigenvalue weighted by atomic mass is 16.8. The van der Waals surface area contributed by atoms with Gasteiger partial charge in [0.05, 0.1) is 31.3 Å². The number of carbonyl (C=O) groups is 2. The topological polar surface area (TPSA) is 391 Å². The van der Waals surface area contributed by atoms with E-state index in [4.69, 9.17) is 37.9 Å². The Kier molecular flexibility index (Phi) is 16.9. The van der Waals surface area contributed by atoms with Crippen LogP contribution in [-0.2, 0) is 47.5 Å². The van der Waals surface area contributed by atoms with Gasteiger partial charge in [0.1, 0.15) is 91.6 Å². The lowest BCUT2D eigenvalue weighted by Gasteiger charge is -2.71. The molecular formula is C54H86O24. The second-order valence-corrected chi connectivity index (χ2v) is 26.3. The Bertz CT molecular complexity index is 2190. The van der Waals surface area contributed by atoms with Crippen LogP contribution in [0, 0.1) is 50.2 Å². The number of fused-ring (bicyclic) bond motifs is 7. The second-order valence-electron chi connectivity index (χ2n) is 26.3. The summed E-state index contributed by atoms with van der Waals surface area (Å²) < 4.78 is 47.8. The summed E-state index contributed by atoms with van der Waals surface area (Å²) in [5.41, 5.74) is -1.51. The van der Waals surface area contributed by atoms with Gasteiger partial charge in [0, 0.05) is 0 Å². The molecule has 24 heteroatoms. The van der Waals surface area contributed by atoms with Crippen molar-refractivity contribution in [1.82, 2.24) is 0 Å². The van der Waals surface area contributed by atoms with Crippen molar-refractivity contribution in [3.05, 3.63) is 11.6 Å². The van der Waals surface area contributed by atoms with E-state index in [1.54, 1.807) is 0 Å². The molecule has 4 aliphatic heterocycles. The summed E-state index contributed by atoms with van der Waals surface area (Å²) in [6.07, 6.45) is -27.8. The third-order valence-corrected chi connectivity index (χ3v) is 21.4. The zero-order valence-corrected chi connectivity index (χ0v) is 45.5. The lowest BCUT2D eigenvalue weighted by Crippen LogP contribution is -2.68. The molecule has 0 bridgehead atoms. The Morgan fingerprint density at radius 1 is 0.551 bits per heavy atom. The largest absolute Gasteiger partial charge is 0.479 e. The summed E-state index contributed by atoms with van der Waals surface area (Å²) in [4.78, 5) is 27.9. The van der Waals surface area contributed by atoms with Crippen LogP contribution in [0.25, 0.3) is 0 Å². The van der Waals surface area contributed by atoms with E-state index in [0.29, 0.717) is 44.9 Å². The quantitative estimate of drug-likeness (QED) is 0.0574. The number of allylic oxidation sites excluding steroid dienone is 2. The first kappa shape index (κ1) is 60.5. The molecule has 24 nitrogen and oxygen atoms in total. The molecule has 0 aromatic rings. The van der Waals surface area contributed by atoms with Crippen LogP contribution in [0.5, 0.6) is 0 Å². The number of rotatable bonds is 12. The first-order valence-corrected chi connectivity index (χ1v) is 27.8. The Labute approximate surface area is 453 Å². The molecule has 0 spiro atoms. The summed E-state index contributed by atoms with van der Waals surface area (Å²) >= 11 is 0. The molecule has 0 amide bonds. The average molecular weight is 1120 g/mol. The Morgan fingerprint density at radius 3 is 1.60 bits per heavy atom. The minimum absolute atomic E-state index is 0.0129. The van der Waals surface area contributed by atoms with Gasteiger partial charge in [-0.3, -0.25) is 4.79 Å². The molecule has 9 rings (SSSR count). The van der Waals surface area contributed by atoms with E-state index in [2.05, 4.69) is 54.5 Å². The fourth-order valence-corrected chi connectivity index (χ4v) is 16.5. The van der Waals surface area contributed by atoms with Crippen LogP contribution in [0.1, 0.15) is 113 Å². The molecule has 8 fully saturated rings. The van der Waals surface area contributed by atoms with Gasteiger partial charge < -0.3 is 109 Å². The molecule has 0 aromatic carbocycles. The summed E-state index contributed by atoms with van der Waals surface area (Å²) in [5.74, 6) is -2.30. The third-order valence-electron chi connectivity index (χ3n) is 21.4. The van der Waals surface area contributed by atoms with Gasteiger partial charge in [-0.2, -0.15) is 0 Å². The smallest absolute Gasteiger partial charge is 0.335 e. The molecule has 446 valence electrons. The summed E-state index contributed by atoms with van der Waals surface area (Å²) in [7, 11) is 0.